The number of thiophene rings is 1. The molecule has 1 aliphatic heterocycles. The molecule has 1 aromatic heterocycles. The maximum atomic E-state index is 10.3. The minimum atomic E-state index is -0.642. The Morgan fingerprint density at radius 3 is 2.14 bits per heavy atom. The first-order chi connectivity index (χ1) is 6.80. The van der Waals surface area contributed by atoms with Gasteiger partial charge in [-0.05, 0) is 36.7 Å². The molecule has 2 N–H and O–H groups in total. The fourth-order valence-corrected chi connectivity index (χ4v) is 1.75. The first-order valence-corrected chi connectivity index (χ1v) is 5.65. The molecule has 78 valence electrons. The molecule has 0 saturated carbocycles. The average molecular weight is 213 g/mol. The summed E-state index contributed by atoms with van der Waals surface area (Å²) in [5.74, 6) is -0.734. The summed E-state index contributed by atoms with van der Waals surface area (Å²) in [5.41, 5.74) is 0. The van der Waals surface area contributed by atoms with Gasteiger partial charge in [0.15, 0.2) is 0 Å². The van der Waals surface area contributed by atoms with Crippen molar-refractivity contribution in [3.8, 4) is 0 Å². The van der Waals surface area contributed by atoms with Gasteiger partial charge in [0, 0.05) is 0 Å². The van der Waals surface area contributed by atoms with Crippen molar-refractivity contribution < 1.29 is 9.90 Å². The van der Waals surface area contributed by atoms with E-state index in [0.29, 0.717) is 0 Å². The number of nitrogens with one attached hydrogen (secondary N) is 1. The molecule has 0 aromatic carbocycles. The van der Waals surface area contributed by atoms with Crippen molar-refractivity contribution in [1.29, 1.82) is 0 Å². The average Bonchev–Trinajstić information content (AvgIpc) is 2.77. The maximum Gasteiger partial charge on any atom is 0.306 e. The number of rotatable bonds is 1. The Balaban J connectivity index is 0.000000165. The fraction of sp³-hybridized carbons (Fsp3) is 0.500. The number of piperidine rings is 1. The Morgan fingerprint density at radius 2 is 1.86 bits per heavy atom. The third-order valence-electron chi connectivity index (χ3n) is 2.11. The number of hydrogen-bond acceptors (Lipinski definition) is 3. The lowest BCUT2D eigenvalue weighted by atomic mass is 9.99. The molecule has 1 aromatic rings. The molecule has 4 heteroatoms. The molecular formula is C10H15NO2S. The van der Waals surface area contributed by atoms with Crippen molar-refractivity contribution in [3.05, 3.63) is 22.9 Å². The third kappa shape index (κ3) is 4.39. The largest absolute Gasteiger partial charge is 0.481 e. The van der Waals surface area contributed by atoms with E-state index in [1.807, 2.05) is 22.9 Å². The van der Waals surface area contributed by atoms with Gasteiger partial charge in [0.2, 0.25) is 0 Å². The molecule has 0 spiro atoms. The van der Waals surface area contributed by atoms with E-state index in [9.17, 15) is 4.79 Å². The quantitative estimate of drug-likeness (QED) is 0.748. The van der Waals surface area contributed by atoms with Gasteiger partial charge < -0.3 is 10.4 Å². The molecular weight excluding hydrogens is 198 g/mol. The minimum Gasteiger partial charge on any atom is -0.481 e. The highest BCUT2D eigenvalue weighted by molar-refractivity contribution is 7.07. The summed E-state index contributed by atoms with van der Waals surface area (Å²) in [6.07, 6.45) is 1.57. The summed E-state index contributed by atoms with van der Waals surface area (Å²) < 4.78 is 0. The van der Waals surface area contributed by atoms with Gasteiger partial charge >= 0.3 is 5.97 Å². The number of hydrogen-bond donors (Lipinski definition) is 2. The molecule has 3 nitrogen and oxygen atoms in total. The van der Waals surface area contributed by atoms with Crippen molar-refractivity contribution in [1.82, 2.24) is 5.32 Å². The predicted octanol–water partition coefficient (Wildman–Crippen LogP) is 1.82. The van der Waals surface area contributed by atoms with E-state index >= 15 is 0 Å². The zero-order chi connectivity index (χ0) is 10.2. The molecule has 1 saturated heterocycles. The highest BCUT2D eigenvalue weighted by atomic mass is 32.1. The van der Waals surface area contributed by atoms with Crippen LogP contribution in [0.4, 0.5) is 0 Å². The van der Waals surface area contributed by atoms with Gasteiger partial charge in [-0.1, -0.05) is 12.1 Å². The van der Waals surface area contributed by atoms with E-state index < -0.39 is 5.97 Å². The summed E-state index contributed by atoms with van der Waals surface area (Å²) >= 11 is 1.71. The summed E-state index contributed by atoms with van der Waals surface area (Å²) in [6.45, 7) is 1.72. The Bertz CT molecular complexity index is 225. The van der Waals surface area contributed by atoms with Crippen molar-refractivity contribution in [3.63, 3.8) is 0 Å². The summed E-state index contributed by atoms with van der Waals surface area (Å²) in [7, 11) is 0. The topological polar surface area (TPSA) is 49.3 Å². The molecule has 1 aliphatic rings. The lowest BCUT2D eigenvalue weighted by Crippen LogP contribution is -2.31. The minimum absolute atomic E-state index is 0.0914. The molecule has 0 atom stereocenters. The molecule has 0 aliphatic carbocycles. The van der Waals surface area contributed by atoms with Crippen LogP contribution in [0.15, 0.2) is 22.9 Å². The first-order valence-electron chi connectivity index (χ1n) is 4.71. The van der Waals surface area contributed by atoms with Gasteiger partial charge in [0.25, 0.3) is 0 Å². The van der Waals surface area contributed by atoms with Crippen molar-refractivity contribution >= 4 is 17.3 Å². The van der Waals surface area contributed by atoms with Crippen molar-refractivity contribution in [2.45, 2.75) is 12.8 Å². The van der Waals surface area contributed by atoms with Crippen LogP contribution >= 0.6 is 11.3 Å². The molecule has 1 fully saturated rings. The molecule has 2 heterocycles. The van der Waals surface area contributed by atoms with Crippen LogP contribution in [0.5, 0.6) is 0 Å². The van der Waals surface area contributed by atoms with E-state index in [1.165, 1.54) is 0 Å². The summed E-state index contributed by atoms with van der Waals surface area (Å²) in [5, 5.41) is 15.7. The molecule has 2 rings (SSSR count). The normalized spacial score (nSPS) is 16.9. The highest BCUT2D eigenvalue weighted by Gasteiger charge is 2.18. The summed E-state index contributed by atoms with van der Waals surface area (Å²) in [4.78, 5) is 10.3. The number of carboxylic acid groups (broad SMARTS) is 1. The SMILES string of the molecule is O=C(O)C1CCNCC1.c1ccsc1. The molecule has 0 bridgehead atoms. The Hall–Kier alpha value is -0.870. The third-order valence-corrected chi connectivity index (χ3v) is 2.74. The van der Waals surface area contributed by atoms with Gasteiger partial charge in [-0.15, -0.1) is 0 Å². The van der Waals surface area contributed by atoms with Crippen LogP contribution in [-0.2, 0) is 4.79 Å². The Kier molecular flexibility index (Phi) is 5.25. The van der Waals surface area contributed by atoms with Crippen molar-refractivity contribution in [2.75, 3.05) is 13.1 Å². The zero-order valence-electron chi connectivity index (χ0n) is 7.98. The molecule has 14 heavy (non-hydrogen) atoms. The lowest BCUT2D eigenvalue weighted by Gasteiger charge is -2.17. The fourth-order valence-electron chi connectivity index (χ4n) is 1.30. The Labute approximate surface area is 87.8 Å². The van der Waals surface area contributed by atoms with Crippen LogP contribution < -0.4 is 5.32 Å². The van der Waals surface area contributed by atoms with E-state index in [4.69, 9.17) is 5.11 Å². The van der Waals surface area contributed by atoms with Crippen LogP contribution in [-0.4, -0.2) is 24.2 Å². The number of aliphatic carboxylic acids is 1. The zero-order valence-corrected chi connectivity index (χ0v) is 8.80. The summed E-state index contributed by atoms with van der Waals surface area (Å²) in [6, 6.07) is 4.04. The van der Waals surface area contributed by atoms with E-state index in [-0.39, 0.29) is 5.92 Å². The maximum absolute atomic E-state index is 10.3. The smallest absolute Gasteiger partial charge is 0.306 e. The monoisotopic (exact) mass is 213 g/mol. The van der Waals surface area contributed by atoms with Crippen LogP contribution in [0, 0.1) is 5.92 Å². The first kappa shape index (κ1) is 11.2. The Morgan fingerprint density at radius 1 is 1.29 bits per heavy atom. The van der Waals surface area contributed by atoms with Crippen LogP contribution in [0.3, 0.4) is 0 Å². The molecule has 0 radical (unpaired) electrons. The van der Waals surface area contributed by atoms with Gasteiger partial charge in [-0.2, -0.15) is 11.3 Å². The van der Waals surface area contributed by atoms with Crippen LogP contribution in [0.2, 0.25) is 0 Å². The molecule has 0 amide bonds. The second kappa shape index (κ2) is 6.56. The standard InChI is InChI=1S/C6H11NO2.C4H4S/c8-6(9)5-1-3-7-4-2-5;1-2-4-5-3-1/h5,7H,1-4H2,(H,8,9);1-4H. The predicted molar refractivity (Wildman–Crippen MR) is 57.5 cm³/mol. The second-order valence-corrected chi connectivity index (χ2v) is 3.97. The van der Waals surface area contributed by atoms with Crippen LogP contribution in [0.25, 0.3) is 0 Å². The van der Waals surface area contributed by atoms with E-state index in [0.717, 1.165) is 25.9 Å². The number of carbonyl (C=O) groups is 1. The van der Waals surface area contributed by atoms with Crippen LogP contribution in [0.1, 0.15) is 12.8 Å². The van der Waals surface area contributed by atoms with Gasteiger partial charge in [0.05, 0.1) is 5.92 Å². The van der Waals surface area contributed by atoms with Crippen molar-refractivity contribution in [2.24, 2.45) is 5.92 Å². The van der Waals surface area contributed by atoms with E-state index in [1.54, 1.807) is 11.3 Å². The molecule has 0 unspecified atom stereocenters. The highest BCUT2D eigenvalue weighted by Crippen LogP contribution is 2.10. The van der Waals surface area contributed by atoms with Gasteiger partial charge in [-0.25, -0.2) is 0 Å². The number of carboxylic acids is 1. The lowest BCUT2D eigenvalue weighted by molar-refractivity contribution is -0.142. The second-order valence-electron chi connectivity index (χ2n) is 3.16. The van der Waals surface area contributed by atoms with E-state index in [2.05, 4.69) is 5.32 Å². The van der Waals surface area contributed by atoms with Gasteiger partial charge in [0.1, 0.15) is 0 Å². The van der Waals surface area contributed by atoms with Gasteiger partial charge in [-0.3, -0.25) is 4.79 Å².